The third-order valence-electron chi connectivity index (χ3n) is 4.73. The van der Waals surface area contributed by atoms with Crippen LogP contribution in [0, 0.1) is 5.92 Å². The van der Waals surface area contributed by atoms with Gasteiger partial charge in [-0.15, -0.1) is 0 Å². The van der Waals surface area contributed by atoms with E-state index >= 15 is 0 Å². The van der Waals surface area contributed by atoms with Gasteiger partial charge in [0.05, 0.1) is 6.04 Å². The number of carbonyl (C=O) groups is 3. The van der Waals surface area contributed by atoms with Crippen molar-refractivity contribution >= 4 is 23.8 Å². The molecule has 2 atom stereocenters. The van der Waals surface area contributed by atoms with Crippen molar-refractivity contribution < 1.29 is 14.4 Å². The smallest absolute Gasteiger partial charge is 0.243 e. The molecule has 0 heterocycles. The van der Waals surface area contributed by atoms with Crippen molar-refractivity contribution in [3.8, 4) is 0 Å². The average Bonchev–Trinajstić information content (AvgIpc) is 2.75. The first-order valence-corrected chi connectivity index (χ1v) is 11.1. The Kier molecular flexibility index (Phi) is 15.1. The van der Waals surface area contributed by atoms with E-state index in [2.05, 4.69) is 47.1 Å². The molecule has 0 spiro atoms. The number of amides is 2. The molecular weight excluding hydrogens is 378 g/mol. The lowest BCUT2D eigenvalue weighted by Crippen LogP contribution is -2.52. The summed E-state index contributed by atoms with van der Waals surface area (Å²) in [5.74, 6) is -0.468. The topological polar surface area (TPSA) is 87.3 Å². The molecular formula is C24H41N3O3. The molecule has 0 aliphatic heterocycles. The summed E-state index contributed by atoms with van der Waals surface area (Å²) in [5, 5.41) is 8.47. The molecule has 3 N–H and O–H groups in total. The Labute approximate surface area is 182 Å². The summed E-state index contributed by atoms with van der Waals surface area (Å²) in [6.45, 7) is 9.69. The van der Waals surface area contributed by atoms with E-state index in [0.717, 1.165) is 19.1 Å². The van der Waals surface area contributed by atoms with Crippen molar-refractivity contribution in [1.29, 1.82) is 0 Å². The van der Waals surface area contributed by atoms with Gasteiger partial charge in [0.1, 0.15) is 12.3 Å². The zero-order valence-corrected chi connectivity index (χ0v) is 19.6. The van der Waals surface area contributed by atoms with Crippen LogP contribution in [0.5, 0.6) is 0 Å². The predicted octanol–water partition coefficient (Wildman–Crippen LogP) is 4.09. The molecule has 2 amide bonds. The summed E-state index contributed by atoms with van der Waals surface area (Å²) in [6, 6.07) is 7.53. The van der Waals surface area contributed by atoms with Gasteiger partial charge < -0.3 is 20.7 Å². The van der Waals surface area contributed by atoms with Gasteiger partial charge in [0, 0.05) is 19.2 Å². The number of rotatable bonds is 12. The van der Waals surface area contributed by atoms with Gasteiger partial charge in [-0.1, -0.05) is 66.0 Å². The normalized spacial score (nSPS) is 12.2. The minimum Gasteiger partial charge on any atom is -0.388 e. The fourth-order valence-corrected chi connectivity index (χ4v) is 2.81. The Balaban J connectivity index is 0.000000642. The van der Waals surface area contributed by atoms with Crippen LogP contribution < -0.4 is 16.0 Å². The highest BCUT2D eigenvalue weighted by Gasteiger charge is 2.25. The molecule has 1 aromatic rings. The number of carbonyl (C=O) groups excluding carboxylic acids is 3. The van der Waals surface area contributed by atoms with Crippen molar-refractivity contribution in [2.24, 2.45) is 5.92 Å². The summed E-state index contributed by atoms with van der Waals surface area (Å²) in [5.41, 5.74) is 2.61. The van der Waals surface area contributed by atoms with E-state index in [4.69, 9.17) is 0 Å². The quantitative estimate of drug-likeness (QED) is 0.445. The lowest BCUT2D eigenvalue weighted by Gasteiger charge is -2.23. The van der Waals surface area contributed by atoms with E-state index < -0.39 is 12.1 Å². The number of aryl methyl sites for hydroxylation is 1. The highest BCUT2D eigenvalue weighted by Crippen LogP contribution is 2.09. The maximum atomic E-state index is 12.1. The zero-order valence-electron chi connectivity index (χ0n) is 19.6. The summed E-state index contributed by atoms with van der Waals surface area (Å²) in [4.78, 5) is 34.4. The average molecular weight is 420 g/mol. The standard InChI is InChI=1S/C14H26N2O3.C10H15N/c1-5-7-8-11(9-17)15-14(19)13(10(3)4)16-12(18)6-2;1-3-4-9-5-7-10(11-2)8-6-9/h9-11,13H,5-8H2,1-4H3,(H,15,19)(H,16,18);5-8,11H,3-4H2,1-2H3. The third-order valence-corrected chi connectivity index (χ3v) is 4.73. The molecule has 0 aromatic heterocycles. The minimum atomic E-state index is -0.587. The fraction of sp³-hybridized carbons (Fsp3) is 0.625. The number of anilines is 1. The monoisotopic (exact) mass is 419 g/mol. The third kappa shape index (κ3) is 11.6. The van der Waals surface area contributed by atoms with Crippen LogP contribution in [-0.2, 0) is 20.8 Å². The molecule has 0 saturated carbocycles. The van der Waals surface area contributed by atoms with Crippen molar-refractivity contribution in [2.45, 2.75) is 85.2 Å². The van der Waals surface area contributed by atoms with E-state index in [1.807, 2.05) is 27.8 Å². The molecule has 0 fully saturated rings. The molecule has 2 unspecified atom stereocenters. The Bertz CT molecular complexity index is 615. The lowest BCUT2D eigenvalue weighted by atomic mass is 10.0. The molecule has 170 valence electrons. The number of nitrogens with one attached hydrogen (secondary N) is 3. The molecule has 30 heavy (non-hydrogen) atoms. The van der Waals surface area contributed by atoms with Crippen molar-refractivity contribution in [3.05, 3.63) is 29.8 Å². The van der Waals surface area contributed by atoms with Gasteiger partial charge in [0.2, 0.25) is 11.8 Å². The second-order valence-electron chi connectivity index (χ2n) is 7.73. The maximum Gasteiger partial charge on any atom is 0.243 e. The van der Waals surface area contributed by atoms with E-state index in [9.17, 15) is 14.4 Å². The van der Waals surface area contributed by atoms with Crippen LogP contribution in [0.4, 0.5) is 5.69 Å². The Morgan fingerprint density at radius 2 is 1.63 bits per heavy atom. The number of hydrogen-bond acceptors (Lipinski definition) is 4. The fourth-order valence-electron chi connectivity index (χ4n) is 2.81. The summed E-state index contributed by atoms with van der Waals surface area (Å²) in [7, 11) is 1.94. The SMILES string of the molecule is CCCCC(C=O)NC(=O)C(NC(=O)CC)C(C)C.CCCc1ccc(NC)cc1. The maximum absolute atomic E-state index is 12.1. The molecule has 1 rings (SSSR count). The van der Waals surface area contributed by atoms with E-state index in [0.29, 0.717) is 12.8 Å². The lowest BCUT2D eigenvalue weighted by molar-refractivity contribution is -0.131. The second kappa shape index (κ2) is 16.4. The Morgan fingerprint density at radius 3 is 2.07 bits per heavy atom. The van der Waals surface area contributed by atoms with Crippen LogP contribution in [0.15, 0.2) is 24.3 Å². The first-order valence-electron chi connectivity index (χ1n) is 11.1. The van der Waals surface area contributed by atoms with Gasteiger partial charge in [0.25, 0.3) is 0 Å². The van der Waals surface area contributed by atoms with Crippen molar-refractivity contribution in [1.82, 2.24) is 10.6 Å². The summed E-state index contributed by atoms with van der Waals surface area (Å²) in [6.07, 6.45) is 5.99. The van der Waals surface area contributed by atoms with E-state index in [1.165, 1.54) is 24.1 Å². The van der Waals surface area contributed by atoms with Gasteiger partial charge in [0.15, 0.2) is 0 Å². The first-order chi connectivity index (χ1) is 14.3. The Hall–Kier alpha value is -2.37. The van der Waals surface area contributed by atoms with E-state index in [-0.39, 0.29) is 17.7 Å². The number of aldehydes is 1. The predicted molar refractivity (Wildman–Crippen MR) is 125 cm³/mol. The molecule has 0 aliphatic carbocycles. The molecule has 1 aromatic carbocycles. The Morgan fingerprint density at radius 1 is 1.00 bits per heavy atom. The number of hydrogen-bond donors (Lipinski definition) is 3. The van der Waals surface area contributed by atoms with Crippen LogP contribution in [0.2, 0.25) is 0 Å². The molecule has 0 saturated heterocycles. The molecule has 0 bridgehead atoms. The van der Waals surface area contributed by atoms with Crippen molar-refractivity contribution in [2.75, 3.05) is 12.4 Å². The van der Waals surface area contributed by atoms with Crippen molar-refractivity contribution in [3.63, 3.8) is 0 Å². The van der Waals surface area contributed by atoms with Crippen LogP contribution in [0.3, 0.4) is 0 Å². The van der Waals surface area contributed by atoms with Crippen LogP contribution in [0.25, 0.3) is 0 Å². The van der Waals surface area contributed by atoms with Crippen LogP contribution in [-0.4, -0.2) is 37.2 Å². The van der Waals surface area contributed by atoms with E-state index in [1.54, 1.807) is 6.92 Å². The zero-order chi connectivity index (χ0) is 22.9. The highest BCUT2D eigenvalue weighted by atomic mass is 16.2. The van der Waals surface area contributed by atoms with Crippen LogP contribution in [0.1, 0.15) is 72.3 Å². The van der Waals surface area contributed by atoms with Gasteiger partial charge in [-0.25, -0.2) is 0 Å². The van der Waals surface area contributed by atoms with Gasteiger partial charge in [-0.2, -0.15) is 0 Å². The molecule has 6 heteroatoms. The van der Waals surface area contributed by atoms with Gasteiger partial charge in [-0.3, -0.25) is 9.59 Å². The molecule has 0 radical (unpaired) electrons. The van der Waals surface area contributed by atoms with Gasteiger partial charge >= 0.3 is 0 Å². The summed E-state index contributed by atoms with van der Waals surface area (Å²) >= 11 is 0. The number of unbranched alkanes of at least 4 members (excludes halogenated alkanes) is 1. The number of benzene rings is 1. The first kappa shape index (κ1) is 27.6. The minimum absolute atomic E-state index is 0.0195. The van der Waals surface area contributed by atoms with Gasteiger partial charge in [-0.05, 0) is 36.5 Å². The largest absolute Gasteiger partial charge is 0.388 e. The second-order valence-corrected chi connectivity index (χ2v) is 7.73. The van der Waals surface area contributed by atoms with Crippen LogP contribution >= 0.6 is 0 Å². The molecule has 6 nitrogen and oxygen atoms in total. The molecule has 0 aliphatic rings. The highest BCUT2D eigenvalue weighted by molar-refractivity contribution is 5.89. The summed E-state index contributed by atoms with van der Waals surface area (Å²) < 4.78 is 0.